The van der Waals surface area contributed by atoms with Gasteiger partial charge in [0.1, 0.15) is 6.61 Å². The summed E-state index contributed by atoms with van der Waals surface area (Å²) in [6, 6.07) is 17.3. The lowest BCUT2D eigenvalue weighted by molar-refractivity contribution is -0.131. The lowest BCUT2D eigenvalue weighted by Crippen LogP contribution is -2.46. The summed E-state index contributed by atoms with van der Waals surface area (Å²) in [6.45, 7) is 4.40. The number of para-hydroxylation sites is 2. The molecule has 1 amide bonds. The normalized spacial score (nSPS) is 17.6. The van der Waals surface area contributed by atoms with Crippen molar-refractivity contribution in [3.63, 3.8) is 0 Å². The van der Waals surface area contributed by atoms with Crippen LogP contribution in [0, 0.1) is 5.92 Å². The Morgan fingerprint density at radius 1 is 1.04 bits per heavy atom. The van der Waals surface area contributed by atoms with Gasteiger partial charge in [0.25, 0.3) is 5.91 Å². The van der Waals surface area contributed by atoms with Gasteiger partial charge in [-0.2, -0.15) is 0 Å². The quantitative estimate of drug-likeness (QED) is 0.942. The molecule has 0 bridgehead atoms. The van der Waals surface area contributed by atoms with Gasteiger partial charge in [0, 0.05) is 0 Å². The molecular weight excluding hydrogens is 290 g/mol. The fourth-order valence-electron chi connectivity index (χ4n) is 2.69. The molecule has 0 aliphatic carbocycles. The number of carbonyl (C=O) groups excluding carboxylic acids is 1. The van der Waals surface area contributed by atoms with Crippen molar-refractivity contribution in [2.24, 2.45) is 5.92 Å². The molecule has 1 aliphatic heterocycles. The Balaban J connectivity index is 1.71. The maximum atomic E-state index is 12.6. The summed E-state index contributed by atoms with van der Waals surface area (Å²) >= 11 is 0. The summed E-state index contributed by atoms with van der Waals surface area (Å²) < 4.78 is 11.4. The smallest absolute Gasteiger partial charge is 0.265 e. The van der Waals surface area contributed by atoms with Crippen LogP contribution in [0.4, 0.5) is 0 Å². The van der Waals surface area contributed by atoms with Crippen LogP contribution in [0.5, 0.6) is 11.5 Å². The van der Waals surface area contributed by atoms with Gasteiger partial charge >= 0.3 is 0 Å². The minimum absolute atomic E-state index is 0.0514. The zero-order chi connectivity index (χ0) is 16.2. The van der Waals surface area contributed by atoms with E-state index in [1.165, 1.54) is 0 Å². The van der Waals surface area contributed by atoms with Gasteiger partial charge < -0.3 is 14.8 Å². The fraction of sp³-hybridized carbons (Fsp3) is 0.316. The van der Waals surface area contributed by atoms with Crippen LogP contribution in [0.2, 0.25) is 0 Å². The van der Waals surface area contributed by atoms with Crippen LogP contribution in [0.25, 0.3) is 0 Å². The largest absolute Gasteiger partial charge is 0.485 e. The van der Waals surface area contributed by atoms with Crippen LogP contribution in [-0.2, 0) is 4.79 Å². The minimum Gasteiger partial charge on any atom is -0.485 e. The van der Waals surface area contributed by atoms with E-state index in [0.717, 1.165) is 5.56 Å². The highest BCUT2D eigenvalue weighted by Gasteiger charge is 2.29. The lowest BCUT2D eigenvalue weighted by Gasteiger charge is -2.29. The highest BCUT2D eigenvalue weighted by Crippen LogP contribution is 2.31. The molecule has 120 valence electrons. The van der Waals surface area contributed by atoms with Crippen molar-refractivity contribution in [2.45, 2.75) is 26.0 Å². The molecule has 4 heteroatoms. The predicted octanol–water partition coefficient (Wildman–Crippen LogP) is 3.34. The second-order valence-electron chi connectivity index (χ2n) is 6.01. The number of amides is 1. The van der Waals surface area contributed by atoms with E-state index < -0.39 is 6.10 Å². The van der Waals surface area contributed by atoms with E-state index in [9.17, 15) is 4.79 Å². The van der Waals surface area contributed by atoms with Crippen LogP contribution in [-0.4, -0.2) is 18.6 Å². The molecule has 1 heterocycles. The van der Waals surface area contributed by atoms with E-state index in [1.807, 2.05) is 54.6 Å². The number of hydrogen-bond acceptors (Lipinski definition) is 3. The first-order chi connectivity index (χ1) is 11.1. The van der Waals surface area contributed by atoms with Crippen molar-refractivity contribution >= 4 is 5.91 Å². The Morgan fingerprint density at radius 3 is 2.39 bits per heavy atom. The topological polar surface area (TPSA) is 47.6 Å². The maximum absolute atomic E-state index is 12.6. The van der Waals surface area contributed by atoms with E-state index >= 15 is 0 Å². The average Bonchev–Trinajstić information content (AvgIpc) is 2.59. The second kappa shape index (κ2) is 6.73. The Labute approximate surface area is 136 Å². The molecule has 2 aromatic carbocycles. The summed E-state index contributed by atoms with van der Waals surface area (Å²) in [7, 11) is 0. The van der Waals surface area contributed by atoms with Crippen molar-refractivity contribution in [3.05, 3.63) is 60.2 Å². The van der Waals surface area contributed by atoms with Gasteiger partial charge in [-0.25, -0.2) is 0 Å². The first-order valence-corrected chi connectivity index (χ1v) is 7.89. The minimum atomic E-state index is -0.630. The number of carbonyl (C=O) groups is 1. The van der Waals surface area contributed by atoms with Crippen LogP contribution in [0.3, 0.4) is 0 Å². The van der Waals surface area contributed by atoms with Gasteiger partial charge in [-0.3, -0.25) is 4.79 Å². The second-order valence-corrected chi connectivity index (χ2v) is 6.01. The summed E-state index contributed by atoms with van der Waals surface area (Å²) in [4.78, 5) is 12.6. The van der Waals surface area contributed by atoms with Crippen molar-refractivity contribution < 1.29 is 14.3 Å². The number of fused-ring (bicyclic) bond motifs is 1. The monoisotopic (exact) mass is 311 g/mol. The lowest BCUT2D eigenvalue weighted by atomic mass is 9.96. The Kier molecular flexibility index (Phi) is 4.51. The molecule has 2 atom stereocenters. The molecule has 0 aromatic heterocycles. The van der Waals surface area contributed by atoms with E-state index in [2.05, 4.69) is 19.2 Å². The molecule has 0 saturated heterocycles. The molecule has 0 radical (unpaired) electrons. The SMILES string of the molecule is CC(C)C(NC(=O)C1COc2ccccc2O1)c1ccccc1. The molecular formula is C19H21NO3. The van der Waals surface area contributed by atoms with E-state index in [0.29, 0.717) is 11.5 Å². The fourth-order valence-corrected chi connectivity index (χ4v) is 2.69. The van der Waals surface area contributed by atoms with Gasteiger partial charge in [0.05, 0.1) is 6.04 Å². The number of ether oxygens (including phenoxy) is 2. The van der Waals surface area contributed by atoms with Gasteiger partial charge in [0.15, 0.2) is 11.5 Å². The average molecular weight is 311 g/mol. The van der Waals surface area contributed by atoms with Gasteiger partial charge in [0.2, 0.25) is 6.10 Å². The summed E-state index contributed by atoms with van der Waals surface area (Å²) in [5.74, 6) is 1.42. The molecule has 2 aromatic rings. The van der Waals surface area contributed by atoms with Crippen LogP contribution < -0.4 is 14.8 Å². The molecule has 0 spiro atoms. The summed E-state index contributed by atoms with van der Waals surface area (Å²) in [6.07, 6.45) is -0.630. The maximum Gasteiger partial charge on any atom is 0.265 e. The molecule has 0 fully saturated rings. The number of rotatable bonds is 4. The molecule has 2 unspecified atom stereocenters. The van der Waals surface area contributed by atoms with Gasteiger partial charge in [-0.1, -0.05) is 56.3 Å². The standard InChI is InChI=1S/C19H21NO3/c1-13(2)18(14-8-4-3-5-9-14)20-19(21)17-12-22-15-10-6-7-11-16(15)23-17/h3-11,13,17-18H,12H2,1-2H3,(H,20,21). The van der Waals surface area contributed by atoms with Crippen molar-refractivity contribution in [3.8, 4) is 11.5 Å². The highest BCUT2D eigenvalue weighted by molar-refractivity contribution is 5.82. The third-order valence-electron chi connectivity index (χ3n) is 3.92. The molecule has 3 rings (SSSR count). The van der Waals surface area contributed by atoms with Gasteiger partial charge in [-0.15, -0.1) is 0 Å². The molecule has 1 N–H and O–H groups in total. The third-order valence-corrected chi connectivity index (χ3v) is 3.92. The highest BCUT2D eigenvalue weighted by atomic mass is 16.6. The zero-order valence-corrected chi connectivity index (χ0v) is 13.4. The first-order valence-electron chi connectivity index (χ1n) is 7.89. The molecule has 4 nitrogen and oxygen atoms in total. The molecule has 0 saturated carbocycles. The molecule has 1 aliphatic rings. The summed E-state index contributed by atoms with van der Waals surface area (Å²) in [5.41, 5.74) is 1.09. The van der Waals surface area contributed by atoms with Crippen molar-refractivity contribution in [1.29, 1.82) is 0 Å². The van der Waals surface area contributed by atoms with E-state index in [1.54, 1.807) is 0 Å². The molecule has 23 heavy (non-hydrogen) atoms. The Hall–Kier alpha value is -2.49. The van der Waals surface area contributed by atoms with Crippen molar-refractivity contribution in [1.82, 2.24) is 5.32 Å². The number of hydrogen-bond donors (Lipinski definition) is 1. The van der Waals surface area contributed by atoms with Gasteiger partial charge in [-0.05, 0) is 23.6 Å². The number of nitrogens with one attached hydrogen (secondary N) is 1. The van der Waals surface area contributed by atoms with Crippen LogP contribution >= 0.6 is 0 Å². The van der Waals surface area contributed by atoms with Crippen LogP contribution in [0.15, 0.2) is 54.6 Å². The van der Waals surface area contributed by atoms with E-state index in [4.69, 9.17) is 9.47 Å². The first kappa shape index (κ1) is 15.4. The Morgan fingerprint density at radius 2 is 1.70 bits per heavy atom. The summed E-state index contributed by atoms with van der Waals surface area (Å²) in [5, 5.41) is 3.09. The van der Waals surface area contributed by atoms with E-state index in [-0.39, 0.29) is 24.5 Å². The number of benzene rings is 2. The Bertz CT molecular complexity index is 669. The predicted molar refractivity (Wildman–Crippen MR) is 88.5 cm³/mol. The van der Waals surface area contributed by atoms with Crippen LogP contribution in [0.1, 0.15) is 25.5 Å². The van der Waals surface area contributed by atoms with Crippen molar-refractivity contribution in [2.75, 3.05) is 6.61 Å². The zero-order valence-electron chi connectivity index (χ0n) is 13.4. The third kappa shape index (κ3) is 3.47.